The molecule has 11 heavy (non-hydrogen) atoms. The molecule has 0 saturated heterocycles. The molecule has 2 aliphatic rings. The molecule has 0 bridgehead atoms. The third kappa shape index (κ3) is 1.44. The van der Waals surface area contributed by atoms with Gasteiger partial charge in [0, 0.05) is 6.04 Å². The predicted octanol–water partition coefficient (Wildman–Crippen LogP) is 2.16. The van der Waals surface area contributed by atoms with Crippen molar-refractivity contribution in [2.24, 2.45) is 23.5 Å². The summed E-state index contributed by atoms with van der Waals surface area (Å²) in [5.74, 6) is 2.67. The first-order valence-electron chi connectivity index (χ1n) is 5.04. The van der Waals surface area contributed by atoms with Gasteiger partial charge >= 0.3 is 0 Å². The lowest BCUT2D eigenvalue weighted by molar-refractivity contribution is 0.320. The van der Waals surface area contributed by atoms with Crippen LogP contribution >= 0.6 is 0 Å². The lowest BCUT2D eigenvalue weighted by atomic mass is 9.88. The second-order valence-electron chi connectivity index (χ2n) is 4.49. The van der Waals surface area contributed by atoms with Gasteiger partial charge in [-0.2, -0.15) is 0 Å². The Bertz CT molecular complexity index is 140. The van der Waals surface area contributed by atoms with Crippen LogP contribution in [0.25, 0.3) is 0 Å². The topological polar surface area (TPSA) is 26.0 Å². The normalized spacial score (nSPS) is 40.9. The highest BCUT2D eigenvalue weighted by Gasteiger charge is 2.37. The molecular weight excluding hydrogens is 134 g/mol. The quantitative estimate of drug-likeness (QED) is 0.646. The van der Waals surface area contributed by atoms with E-state index in [1.165, 1.54) is 32.1 Å². The van der Waals surface area contributed by atoms with E-state index in [0.29, 0.717) is 6.04 Å². The van der Waals surface area contributed by atoms with Crippen LogP contribution in [0.4, 0.5) is 0 Å². The summed E-state index contributed by atoms with van der Waals surface area (Å²) in [5, 5.41) is 0. The monoisotopic (exact) mass is 153 g/mol. The molecule has 1 nitrogen and oxygen atoms in total. The van der Waals surface area contributed by atoms with Gasteiger partial charge in [0.25, 0.3) is 0 Å². The molecule has 2 saturated carbocycles. The Kier molecular flexibility index (Phi) is 1.92. The zero-order valence-electron chi connectivity index (χ0n) is 7.42. The van der Waals surface area contributed by atoms with Gasteiger partial charge in [-0.15, -0.1) is 0 Å². The highest BCUT2D eigenvalue weighted by atomic mass is 14.7. The SMILES string of the molecule is CC1CCCC1C(N)C1CC1. The molecule has 0 spiro atoms. The molecule has 2 rings (SSSR count). The fourth-order valence-electron chi connectivity index (χ4n) is 2.58. The Balaban J connectivity index is 1.91. The molecule has 0 aliphatic heterocycles. The summed E-state index contributed by atoms with van der Waals surface area (Å²) in [6, 6.07) is 0.549. The highest BCUT2D eigenvalue weighted by molar-refractivity contribution is 4.92. The summed E-state index contributed by atoms with van der Waals surface area (Å²) < 4.78 is 0. The molecule has 0 aromatic heterocycles. The van der Waals surface area contributed by atoms with Gasteiger partial charge in [-0.3, -0.25) is 0 Å². The fraction of sp³-hybridized carbons (Fsp3) is 1.00. The molecule has 0 radical (unpaired) electrons. The van der Waals surface area contributed by atoms with E-state index in [1.807, 2.05) is 0 Å². The Hall–Kier alpha value is -0.0400. The lowest BCUT2D eigenvalue weighted by Crippen LogP contribution is -2.33. The summed E-state index contributed by atoms with van der Waals surface area (Å²) in [7, 11) is 0. The zero-order chi connectivity index (χ0) is 7.84. The molecule has 0 heterocycles. The summed E-state index contributed by atoms with van der Waals surface area (Å²) in [6.07, 6.45) is 7.06. The van der Waals surface area contributed by atoms with Gasteiger partial charge < -0.3 is 5.73 Å². The summed E-state index contributed by atoms with van der Waals surface area (Å²) >= 11 is 0. The molecule has 0 aromatic rings. The second-order valence-corrected chi connectivity index (χ2v) is 4.49. The van der Waals surface area contributed by atoms with Crippen LogP contribution < -0.4 is 5.73 Å². The largest absolute Gasteiger partial charge is 0.327 e. The van der Waals surface area contributed by atoms with Crippen LogP contribution in [0, 0.1) is 17.8 Å². The zero-order valence-corrected chi connectivity index (χ0v) is 7.42. The maximum atomic E-state index is 6.17. The van der Waals surface area contributed by atoms with E-state index >= 15 is 0 Å². The van der Waals surface area contributed by atoms with E-state index in [9.17, 15) is 0 Å². The Morgan fingerprint density at radius 1 is 1.18 bits per heavy atom. The van der Waals surface area contributed by atoms with E-state index < -0.39 is 0 Å². The molecule has 2 fully saturated rings. The number of hydrogen-bond donors (Lipinski definition) is 1. The van der Waals surface area contributed by atoms with Crippen LogP contribution in [-0.2, 0) is 0 Å². The van der Waals surface area contributed by atoms with Gasteiger partial charge in [-0.05, 0) is 37.0 Å². The predicted molar refractivity (Wildman–Crippen MR) is 47.2 cm³/mol. The first-order chi connectivity index (χ1) is 5.29. The standard InChI is InChI=1S/C10H19N/c1-7-3-2-4-9(7)10(11)8-5-6-8/h7-10H,2-6,11H2,1H3. The molecule has 3 atom stereocenters. The van der Waals surface area contributed by atoms with E-state index in [4.69, 9.17) is 5.73 Å². The molecule has 0 amide bonds. The number of hydrogen-bond acceptors (Lipinski definition) is 1. The maximum Gasteiger partial charge on any atom is 0.00981 e. The molecule has 3 unspecified atom stereocenters. The van der Waals surface area contributed by atoms with Crippen molar-refractivity contribution in [3.05, 3.63) is 0 Å². The van der Waals surface area contributed by atoms with Gasteiger partial charge in [-0.25, -0.2) is 0 Å². The van der Waals surface area contributed by atoms with Gasteiger partial charge in [0.15, 0.2) is 0 Å². The van der Waals surface area contributed by atoms with Crippen LogP contribution in [0.3, 0.4) is 0 Å². The number of rotatable bonds is 2. The fourth-order valence-corrected chi connectivity index (χ4v) is 2.58. The van der Waals surface area contributed by atoms with Crippen LogP contribution in [0.15, 0.2) is 0 Å². The van der Waals surface area contributed by atoms with Gasteiger partial charge in [0.05, 0.1) is 0 Å². The van der Waals surface area contributed by atoms with Crippen molar-refractivity contribution < 1.29 is 0 Å². The number of nitrogens with two attached hydrogens (primary N) is 1. The van der Waals surface area contributed by atoms with Crippen molar-refractivity contribution in [2.75, 3.05) is 0 Å². The van der Waals surface area contributed by atoms with Crippen LogP contribution in [0.2, 0.25) is 0 Å². The summed E-state index contributed by atoms with van der Waals surface area (Å²) in [6.45, 7) is 2.37. The average Bonchev–Trinajstić information content (AvgIpc) is 2.74. The van der Waals surface area contributed by atoms with Crippen molar-refractivity contribution in [1.82, 2.24) is 0 Å². The molecule has 2 aliphatic carbocycles. The molecular formula is C10H19N. The van der Waals surface area contributed by atoms with Gasteiger partial charge in [0.2, 0.25) is 0 Å². The Morgan fingerprint density at radius 2 is 1.91 bits per heavy atom. The lowest BCUT2D eigenvalue weighted by Gasteiger charge is -2.22. The van der Waals surface area contributed by atoms with Crippen molar-refractivity contribution >= 4 is 0 Å². The van der Waals surface area contributed by atoms with Crippen molar-refractivity contribution in [3.8, 4) is 0 Å². The van der Waals surface area contributed by atoms with E-state index in [1.54, 1.807) is 0 Å². The molecule has 1 heteroatoms. The first-order valence-corrected chi connectivity index (χ1v) is 5.04. The summed E-state index contributed by atoms with van der Waals surface area (Å²) in [5.41, 5.74) is 6.17. The Morgan fingerprint density at radius 3 is 2.36 bits per heavy atom. The second kappa shape index (κ2) is 2.78. The first kappa shape index (κ1) is 7.60. The molecule has 64 valence electrons. The minimum absolute atomic E-state index is 0.549. The third-order valence-corrected chi connectivity index (χ3v) is 3.59. The molecule has 2 N–H and O–H groups in total. The van der Waals surface area contributed by atoms with Crippen molar-refractivity contribution in [2.45, 2.75) is 45.1 Å². The van der Waals surface area contributed by atoms with Crippen LogP contribution in [0.1, 0.15) is 39.0 Å². The van der Waals surface area contributed by atoms with Crippen LogP contribution in [-0.4, -0.2) is 6.04 Å². The minimum Gasteiger partial charge on any atom is -0.327 e. The van der Waals surface area contributed by atoms with Crippen molar-refractivity contribution in [3.63, 3.8) is 0 Å². The highest BCUT2D eigenvalue weighted by Crippen LogP contribution is 2.42. The van der Waals surface area contributed by atoms with Crippen molar-refractivity contribution in [1.29, 1.82) is 0 Å². The average molecular weight is 153 g/mol. The van der Waals surface area contributed by atoms with Gasteiger partial charge in [-0.1, -0.05) is 19.8 Å². The summed E-state index contributed by atoms with van der Waals surface area (Å²) in [4.78, 5) is 0. The van der Waals surface area contributed by atoms with E-state index in [2.05, 4.69) is 6.92 Å². The molecule has 0 aromatic carbocycles. The maximum absolute atomic E-state index is 6.17. The van der Waals surface area contributed by atoms with E-state index in [0.717, 1.165) is 17.8 Å². The van der Waals surface area contributed by atoms with Gasteiger partial charge in [0.1, 0.15) is 0 Å². The third-order valence-electron chi connectivity index (χ3n) is 3.59. The smallest absolute Gasteiger partial charge is 0.00981 e. The Labute approximate surface area is 69.4 Å². The minimum atomic E-state index is 0.549. The van der Waals surface area contributed by atoms with Crippen LogP contribution in [0.5, 0.6) is 0 Å². The van der Waals surface area contributed by atoms with E-state index in [-0.39, 0.29) is 0 Å².